The first-order valence-electron chi connectivity index (χ1n) is 11.2. The van der Waals surface area contributed by atoms with E-state index < -0.39 is 0 Å². The molecule has 0 unspecified atom stereocenters. The second-order valence-electron chi connectivity index (χ2n) is 8.39. The highest BCUT2D eigenvalue weighted by Gasteiger charge is 2.11. The van der Waals surface area contributed by atoms with E-state index in [1.54, 1.807) is 0 Å². The maximum absolute atomic E-state index is 2.46. The molecule has 1 aliphatic carbocycles. The topological polar surface area (TPSA) is 0 Å². The Balaban J connectivity index is 1.79. The summed E-state index contributed by atoms with van der Waals surface area (Å²) in [4.78, 5) is 0. The van der Waals surface area contributed by atoms with Crippen molar-refractivity contribution in [3.63, 3.8) is 0 Å². The van der Waals surface area contributed by atoms with Crippen LogP contribution < -0.4 is 0 Å². The van der Waals surface area contributed by atoms with E-state index in [1.165, 1.54) is 89.0 Å². The van der Waals surface area contributed by atoms with Gasteiger partial charge < -0.3 is 0 Å². The fourth-order valence-corrected chi connectivity index (χ4v) is 4.28. The van der Waals surface area contributed by atoms with Crippen LogP contribution in [-0.4, -0.2) is 0 Å². The summed E-state index contributed by atoms with van der Waals surface area (Å²) in [5.41, 5.74) is 1.46. The van der Waals surface area contributed by atoms with Crippen LogP contribution in [0.25, 0.3) is 0 Å². The van der Waals surface area contributed by atoms with Crippen LogP contribution in [0.2, 0.25) is 0 Å². The molecule has 0 aliphatic heterocycles. The van der Waals surface area contributed by atoms with E-state index in [1.807, 2.05) is 0 Å². The van der Waals surface area contributed by atoms with Crippen LogP contribution in [0.15, 0.2) is 54.6 Å². The molecule has 0 aromatic heterocycles. The second kappa shape index (κ2) is 13.8. The first-order valence-corrected chi connectivity index (χ1v) is 11.2. The molecule has 1 saturated carbocycles. The third kappa shape index (κ3) is 10.00. The molecule has 0 saturated heterocycles. The summed E-state index contributed by atoms with van der Waals surface area (Å²) in [5, 5.41) is 0. The molecule has 0 radical (unpaired) electrons. The highest BCUT2D eigenvalue weighted by Crippen LogP contribution is 2.26. The molecule has 0 nitrogen and oxygen atoms in total. The van der Waals surface area contributed by atoms with Crippen molar-refractivity contribution in [1.82, 2.24) is 0 Å². The summed E-state index contributed by atoms with van der Waals surface area (Å²) >= 11 is 0. The van der Waals surface area contributed by atoms with Gasteiger partial charge in [0.05, 0.1) is 0 Å². The first kappa shape index (κ1) is 21.0. The van der Waals surface area contributed by atoms with Gasteiger partial charge in [0.15, 0.2) is 0 Å². The van der Waals surface area contributed by atoms with Gasteiger partial charge in [0.2, 0.25) is 0 Å². The average molecular weight is 353 g/mol. The Labute approximate surface area is 162 Å². The summed E-state index contributed by atoms with van der Waals surface area (Å²) in [6.07, 6.45) is 18.6. The van der Waals surface area contributed by atoms with E-state index in [9.17, 15) is 0 Å². The van der Waals surface area contributed by atoms with Gasteiger partial charge in [-0.3, -0.25) is 0 Å². The van der Waals surface area contributed by atoms with Crippen LogP contribution in [0.3, 0.4) is 0 Å². The Morgan fingerprint density at radius 3 is 1.73 bits per heavy atom. The molecule has 1 aromatic rings. The minimum Gasteiger partial charge on any atom is -0.0625 e. The van der Waals surface area contributed by atoms with Crippen molar-refractivity contribution in [3.8, 4) is 0 Å². The van der Waals surface area contributed by atoms with Crippen LogP contribution in [-0.2, 0) is 6.42 Å². The molecular weight excluding hydrogens is 312 g/mol. The Kier molecular flexibility index (Phi) is 11.2. The van der Waals surface area contributed by atoms with Gasteiger partial charge in [-0.15, -0.1) is 0 Å². The molecule has 144 valence electrons. The number of hydrogen-bond donors (Lipinski definition) is 0. The zero-order valence-corrected chi connectivity index (χ0v) is 17.0. The lowest BCUT2D eigenvalue weighted by Crippen LogP contribution is -2.04. The van der Waals surface area contributed by atoms with Crippen molar-refractivity contribution in [2.24, 2.45) is 11.8 Å². The highest BCUT2D eigenvalue weighted by molar-refractivity contribution is 5.12. The smallest absolute Gasteiger partial charge is 0.0279 e. The standard InChI is InChI=1S/C26H40/c1-24-16-9-7-13-20-26(21-14-8-10-17-24)23-15-22-25-18-11-5-3-2-4-6-12-19-25/h2-6,11-12,18-19,24,26H,7-10,13-17,20-23H2,1H3. The van der Waals surface area contributed by atoms with Crippen molar-refractivity contribution in [3.05, 3.63) is 60.2 Å². The lowest BCUT2D eigenvalue weighted by molar-refractivity contribution is 0.351. The molecule has 0 heteroatoms. The van der Waals surface area contributed by atoms with E-state index >= 15 is 0 Å². The molecule has 1 aliphatic rings. The maximum Gasteiger partial charge on any atom is -0.0279 e. The Hall–Kier alpha value is -1.30. The maximum atomic E-state index is 2.46. The van der Waals surface area contributed by atoms with Gasteiger partial charge in [0.1, 0.15) is 0 Å². The van der Waals surface area contributed by atoms with E-state index in [0.29, 0.717) is 0 Å². The molecule has 0 N–H and O–H groups in total. The third-order valence-corrected chi connectivity index (χ3v) is 5.98. The monoisotopic (exact) mass is 352 g/mol. The summed E-state index contributed by atoms with van der Waals surface area (Å²) in [7, 11) is 0. The van der Waals surface area contributed by atoms with E-state index in [2.05, 4.69) is 61.5 Å². The second-order valence-corrected chi connectivity index (χ2v) is 8.39. The summed E-state index contributed by atoms with van der Waals surface area (Å²) in [6, 6.07) is 19.4. The zero-order chi connectivity index (χ0) is 18.3. The van der Waals surface area contributed by atoms with Crippen LogP contribution in [0.1, 0.15) is 89.5 Å². The average Bonchev–Trinajstić information content (AvgIpc) is 2.64. The van der Waals surface area contributed by atoms with Gasteiger partial charge in [-0.1, -0.05) is 132 Å². The van der Waals surface area contributed by atoms with Gasteiger partial charge in [-0.25, -0.2) is 0 Å². The van der Waals surface area contributed by atoms with Crippen LogP contribution >= 0.6 is 0 Å². The number of hydrogen-bond acceptors (Lipinski definition) is 0. The minimum absolute atomic E-state index is 0.961. The Bertz CT molecular complexity index is 478. The largest absolute Gasteiger partial charge is 0.0625 e. The fraction of sp³-hybridized carbons (Fsp3) is 0.615. The molecule has 0 amide bonds. The highest BCUT2D eigenvalue weighted by atomic mass is 14.2. The van der Waals surface area contributed by atoms with Gasteiger partial charge >= 0.3 is 0 Å². The number of aryl methyl sites for hydroxylation is 1. The molecule has 2 rings (SSSR count). The van der Waals surface area contributed by atoms with Gasteiger partial charge in [-0.05, 0) is 30.2 Å². The van der Waals surface area contributed by atoms with Gasteiger partial charge in [0, 0.05) is 0 Å². The first-order chi connectivity index (χ1) is 12.8. The van der Waals surface area contributed by atoms with E-state index in [0.717, 1.165) is 11.8 Å². The SMILES string of the molecule is CC1CCCCCC(CCCc2ccccccccc2)CCCCC1. The summed E-state index contributed by atoms with van der Waals surface area (Å²) < 4.78 is 0. The Morgan fingerprint density at radius 2 is 1.15 bits per heavy atom. The normalized spacial score (nSPS) is 22.5. The van der Waals surface area contributed by atoms with Crippen molar-refractivity contribution < 1.29 is 0 Å². The quantitative estimate of drug-likeness (QED) is 0.511. The molecular formula is C26H40. The summed E-state index contributed by atoms with van der Waals surface area (Å²) in [5.74, 6) is 1.93. The predicted molar refractivity (Wildman–Crippen MR) is 116 cm³/mol. The molecule has 1 fully saturated rings. The van der Waals surface area contributed by atoms with Crippen molar-refractivity contribution in [1.29, 1.82) is 0 Å². The van der Waals surface area contributed by atoms with E-state index in [-0.39, 0.29) is 0 Å². The van der Waals surface area contributed by atoms with Crippen molar-refractivity contribution >= 4 is 0 Å². The summed E-state index contributed by atoms with van der Waals surface area (Å²) in [6.45, 7) is 2.46. The predicted octanol–water partition coefficient (Wildman–Crippen LogP) is 8.30. The van der Waals surface area contributed by atoms with E-state index in [4.69, 9.17) is 0 Å². The lowest BCUT2D eigenvalue weighted by atomic mass is 9.87. The molecule has 1 aromatic carbocycles. The minimum atomic E-state index is 0.961. The van der Waals surface area contributed by atoms with Gasteiger partial charge in [0.25, 0.3) is 0 Å². The zero-order valence-electron chi connectivity index (χ0n) is 17.0. The molecule has 0 spiro atoms. The van der Waals surface area contributed by atoms with Crippen LogP contribution in [0.5, 0.6) is 0 Å². The fourth-order valence-electron chi connectivity index (χ4n) is 4.28. The molecule has 0 atom stereocenters. The molecule has 0 bridgehead atoms. The number of rotatable bonds is 4. The van der Waals surface area contributed by atoms with Crippen molar-refractivity contribution in [2.75, 3.05) is 0 Å². The van der Waals surface area contributed by atoms with Gasteiger partial charge in [-0.2, -0.15) is 0 Å². The Morgan fingerprint density at radius 1 is 0.654 bits per heavy atom. The molecule has 26 heavy (non-hydrogen) atoms. The van der Waals surface area contributed by atoms with Crippen LogP contribution in [0.4, 0.5) is 0 Å². The third-order valence-electron chi connectivity index (χ3n) is 5.98. The molecule has 0 heterocycles. The lowest BCUT2D eigenvalue weighted by Gasteiger charge is -2.19. The van der Waals surface area contributed by atoms with Crippen LogP contribution in [0, 0.1) is 11.8 Å². The van der Waals surface area contributed by atoms with Crippen molar-refractivity contribution in [2.45, 2.75) is 90.4 Å².